The van der Waals surface area contributed by atoms with Crippen molar-refractivity contribution in [1.82, 2.24) is 4.98 Å². The van der Waals surface area contributed by atoms with Crippen LogP contribution in [-0.2, 0) is 15.1 Å². The number of aromatic nitrogens is 1. The second-order valence-corrected chi connectivity index (χ2v) is 2.79. The minimum Gasteiger partial charge on any atom is -0.455 e. The number of ether oxygens (including phenoxy) is 1. The molecule has 1 aliphatic rings. The zero-order chi connectivity index (χ0) is 7.73. The van der Waals surface area contributed by atoms with E-state index < -0.39 is 0 Å². The molecule has 0 unspecified atom stereocenters. The van der Waals surface area contributed by atoms with Crippen molar-refractivity contribution < 1.29 is 9.53 Å². The third-order valence-corrected chi connectivity index (χ3v) is 2.07. The molecule has 0 amide bonds. The number of nitrogens with one attached hydrogen (secondary N) is 1. The molecule has 0 aliphatic heterocycles. The fourth-order valence-electron chi connectivity index (χ4n) is 1.27. The van der Waals surface area contributed by atoms with Gasteiger partial charge in [-0.05, 0) is 25.0 Å². The minimum atomic E-state index is -0.300. The van der Waals surface area contributed by atoms with Crippen molar-refractivity contribution in [2.75, 3.05) is 0 Å². The fraction of sp³-hybridized carbons (Fsp3) is 0.375. The average molecular weight is 151 g/mol. The van der Waals surface area contributed by atoms with Gasteiger partial charge in [0.2, 0.25) is 0 Å². The van der Waals surface area contributed by atoms with Crippen molar-refractivity contribution in [1.29, 1.82) is 0 Å². The number of hydrogen-bond donors (Lipinski definition) is 1. The van der Waals surface area contributed by atoms with Crippen LogP contribution in [-0.4, -0.2) is 11.5 Å². The molecule has 2 rings (SSSR count). The molecule has 58 valence electrons. The quantitative estimate of drug-likeness (QED) is 0.659. The Morgan fingerprint density at radius 2 is 2.45 bits per heavy atom. The third-order valence-electron chi connectivity index (χ3n) is 2.07. The predicted octanol–water partition coefficient (Wildman–Crippen LogP) is 1.18. The Bertz CT molecular complexity index is 249. The van der Waals surface area contributed by atoms with E-state index in [-0.39, 0.29) is 5.60 Å². The van der Waals surface area contributed by atoms with E-state index in [9.17, 15) is 4.79 Å². The van der Waals surface area contributed by atoms with Crippen LogP contribution in [0.4, 0.5) is 0 Å². The molecule has 3 nitrogen and oxygen atoms in total. The van der Waals surface area contributed by atoms with Crippen molar-refractivity contribution in [3.05, 3.63) is 24.0 Å². The maximum atomic E-state index is 10.1. The van der Waals surface area contributed by atoms with Gasteiger partial charge in [-0.1, -0.05) is 0 Å². The lowest BCUT2D eigenvalue weighted by molar-refractivity contribution is -0.136. The van der Waals surface area contributed by atoms with Gasteiger partial charge in [-0.3, -0.25) is 4.79 Å². The molecule has 0 aromatic carbocycles. The van der Waals surface area contributed by atoms with E-state index in [1.54, 1.807) is 0 Å². The molecule has 1 saturated carbocycles. The van der Waals surface area contributed by atoms with Gasteiger partial charge in [0.15, 0.2) is 5.60 Å². The summed E-state index contributed by atoms with van der Waals surface area (Å²) in [6.45, 7) is 0.522. The molecular formula is C8H9NO2. The molecule has 3 heteroatoms. The van der Waals surface area contributed by atoms with Crippen LogP contribution < -0.4 is 0 Å². The first-order valence-electron chi connectivity index (χ1n) is 3.63. The summed E-state index contributed by atoms with van der Waals surface area (Å²) in [4.78, 5) is 13.2. The Balaban J connectivity index is 2.21. The number of hydrogen-bond acceptors (Lipinski definition) is 2. The lowest BCUT2D eigenvalue weighted by Crippen LogP contribution is -2.10. The largest absolute Gasteiger partial charge is 0.455 e. The summed E-state index contributed by atoms with van der Waals surface area (Å²) in [6, 6.07) is 3.85. The van der Waals surface area contributed by atoms with Gasteiger partial charge in [-0.15, -0.1) is 0 Å². The summed E-state index contributed by atoms with van der Waals surface area (Å²) in [7, 11) is 0. The summed E-state index contributed by atoms with van der Waals surface area (Å²) in [5.74, 6) is 0. The molecule has 1 aliphatic carbocycles. The van der Waals surface area contributed by atoms with Crippen molar-refractivity contribution >= 4 is 6.47 Å². The monoisotopic (exact) mass is 151 g/mol. The van der Waals surface area contributed by atoms with E-state index in [4.69, 9.17) is 4.74 Å². The molecule has 0 spiro atoms. The molecule has 0 atom stereocenters. The van der Waals surface area contributed by atoms with Crippen molar-refractivity contribution in [2.45, 2.75) is 18.4 Å². The van der Waals surface area contributed by atoms with Gasteiger partial charge in [0.25, 0.3) is 6.47 Å². The van der Waals surface area contributed by atoms with Gasteiger partial charge in [0.1, 0.15) is 0 Å². The van der Waals surface area contributed by atoms with Crippen LogP contribution in [0.5, 0.6) is 0 Å². The van der Waals surface area contributed by atoms with E-state index in [0.717, 1.165) is 18.5 Å². The Morgan fingerprint density at radius 1 is 1.64 bits per heavy atom. The molecule has 1 fully saturated rings. The standard InChI is InChI=1S/C8H9NO2/c10-6-11-8(3-4-8)7-2-1-5-9-7/h1-2,5-6,9H,3-4H2. The molecule has 1 N–H and O–H groups in total. The van der Waals surface area contributed by atoms with E-state index in [0.29, 0.717) is 6.47 Å². The van der Waals surface area contributed by atoms with Crippen LogP contribution in [0, 0.1) is 0 Å². The first-order valence-corrected chi connectivity index (χ1v) is 3.63. The number of carbonyl (C=O) groups excluding carboxylic acids is 1. The summed E-state index contributed by atoms with van der Waals surface area (Å²) < 4.78 is 4.97. The first-order chi connectivity index (χ1) is 5.37. The van der Waals surface area contributed by atoms with Crippen LogP contribution in [0.25, 0.3) is 0 Å². The molecule has 0 bridgehead atoms. The highest BCUT2D eigenvalue weighted by Gasteiger charge is 2.47. The van der Waals surface area contributed by atoms with Gasteiger partial charge in [-0.25, -0.2) is 0 Å². The molecule has 0 radical (unpaired) electrons. The van der Waals surface area contributed by atoms with Gasteiger partial charge in [0.05, 0.1) is 5.69 Å². The molecule has 1 heterocycles. The van der Waals surface area contributed by atoms with E-state index >= 15 is 0 Å². The highest BCUT2D eigenvalue weighted by Crippen LogP contribution is 2.47. The highest BCUT2D eigenvalue weighted by atomic mass is 16.5. The maximum absolute atomic E-state index is 10.1. The highest BCUT2D eigenvalue weighted by molar-refractivity contribution is 5.41. The van der Waals surface area contributed by atoms with Gasteiger partial charge in [-0.2, -0.15) is 0 Å². The number of carbonyl (C=O) groups is 1. The smallest absolute Gasteiger partial charge is 0.294 e. The van der Waals surface area contributed by atoms with Crippen LogP contribution >= 0.6 is 0 Å². The molecule has 0 saturated heterocycles. The number of aromatic amines is 1. The summed E-state index contributed by atoms with van der Waals surface area (Å²) in [5.41, 5.74) is 0.704. The number of H-pyrrole nitrogens is 1. The summed E-state index contributed by atoms with van der Waals surface area (Å²) in [5, 5.41) is 0. The minimum absolute atomic E-state index is 0.300. The van der Waals surface area contributed by atoms with Crippen LogP contribution in [0.1, 0.15) is 18.5 Å². The topological polar surface area (TPSA) is 42.1 Å². The Morgan fingerprint density at radius 3 is 2.91 bits per heavy atom. The van der Waals surface area contributed by atoms with Crippen molar-refractivity contribution in [2.24, 2.45) is 0 Å². The normalized spacial score (nSPS) is 19.3. The summed E-state index contributed by atoms with van der Waals surface area (Å²) >= 11 is 0. The van der Waals surface area contributed by atoms with Gasteiger partial charge in [0, 0.05) is 6.20 Å². The van der Waals surface area contributed by atoms with Gasteiger partial charge >= 0.3 is 0 Å². The van der Waals surface area contributed by atoms with Crippen LogP contribution in [0.3, 0.4) is 0 Å². The van der Waals surface area contributed by atoms with Crippen molar-refractivity contribution in [3.63, 3.8) is 0 Å². The second kappa shape index (κ2) is 2.12. The average Bonchev–Trinajstić information content (AvgIpc) is 2.63. The third kappa shape index (κ3) is 0.926. The van der Waals surface area contributed by atoms with E-state index in [1.807, 2.05) is 18.3 Å². The molecule has 11 heavy (non-hydrogen) atoms. The zero-order valence-corrected chi connectivity index (χ0v) is 6.04. The van der Waals surface area contributed by atoms with E-state index in [2.05, 4.69) is 4.98 Å². The van der Waals surface area contributed by atoms with Crippen molar-refractivity contribution in [3.8, 4) is 0 Å². The molecular weight excluding hydrogens is 142 g/mol. The Labute approximate surface area is 64.4 Å². The molecule has 1 aromatic heterocycles. The zero-order valence-electron chi connectivity index (χ0n) is 6.04. The van der Waals surface area contributed by atoms with E-state index in [1.165, 1.54) is 0 Å². The fourth-order valence-corrected chi connectivity index (χ4v) is 1.27. The lowest BCUT2D eigenvalue weighted by Gasteiger charge is -2.09. The number of rotatable bonds is 3. The first kappa shape index (κ1) is 6.46. The molecule has 1 aromatic rings. The lowest BCUT2D eigenvalue weighted by atomic mass is 10.2. The van der Waals surface area contributed by atoms with Crippen LogP contribution in [0.15, 0.2) is 18.3 Å². The second-order valence-electron chi connectivity index (χ2n) is 2.79. The predicted molar refractivity (Wildman–Crippen MR) is 38.9 cm³/mol. The maximum Gasteiger partial charge on any atom is 0.294 e. The van der Waals surface area contributed by atoms with Gasteiger partial charge < -0.3 is 9.72 Å². The van der Waals surface area contributed by atoms with Crippen LogP contribution in [0.2, 0.25) is 0 Å². The SMILES string of the molecule is O=COC1(c2ccc[nH]2)CC1. The Hall–Kier alpha value is -1.25. The Kier molecular flexibility index (Phi) is 1.24. The summed E-state index contributed by atoms with van der Waals surface area (Å²) in [6.07, 6.45) is 3.71.